The van der Waals surface area contributed by atoms with Crippen molar-refractivity contribution in [3.05, 3.63) is 0 Å². The van der Waals surface area contributed by atoms with Crippen molar-refractivity contribution in [1.82, 2.24) is 10.6 Å². The van der Waals surface area contributed by atoms with Crippen LogP contribution in [0.4, 0.5) is 0 Å². The summed E-state index contributed by atoms with van der Waals surface area (Å²) in [7, 11) is 0. The van der Waals surface area contributed by atoms with Crippen LogP contribution in [0, 0.1) is 5.92 Å². The summed E-state index contributed by atoms with van der Waals surface area (Å²) in [5.41, 5.74) is 0. The molecule has 0 radical (unpaired) electrons. The van der Waals surface area contributed by atoms with Crippen molar-refractivity contribution in [3.8, 4) is 0 Å². The van der Waals surface area contributed by atoms with Gasteiger partial charge in [0.05, 0.1) is 0 Å². The molecular weight excluding hydrogens is 160 g/mol. The predicted molar refractivity (Wildman–Crippen MR) is 55.9 cm³/mol. The van der Waals surface area contributed by atoms with Crippen molar-refractivity contribution in [1.29, 1.82) is 0 Å². The van der Waals surface area contributed by atoms with Gasteiger partial charge in [0.25, 0.3) is 0 Å². The van der Waals surface area contributed by atoms with Gasteiger partial charge in [0.2, 0.25) is 0 Å². The SMILES string of the molecule is C1CCN[C@H]([C@H]2CCCNC2)CC1. The van der Waals surface area contributed by atoms with E-state index in [0.717, 1.165) is 12.0 Å². The van der Waals surface area contributed by atoms with E-state index in [4.69, 9.17) is 0 Å². The molecule has 0 bridgehead atoms. The number of hydrogen-bond acceptors (Lipinski definition) is 2. The van der Waals surface area contributed by atoms with E-state index in [2.05, 4.69) is 10.6 Å². The van der Waals surface area contributed by atoms with Crippen molar-refractivity contribution < 1.29 is 0 Å². The summed E-state index contributed by atoms with van der Waals surface area (Å²) in [6.45, 7) is 3.74. The Morgan fingerprint density at radius 2 is 1.85 bits per heavy atom. The van der Waals surface area contributed by atoms with Crippen LogP contribution in [-0.2, 0) is 0 Å². The Hall–Kier alpha value is -0.0800. The van der Waals surface area contributed by atoms with Gasteiger partial charge in [-0.1, -0.05) is 12.8 Å². The van der Waals surface area contributed by atoms with E-state index < -0.39 is 0 Å². The molecule has 2 saturated heterocycles. The third-order valence-electron chi connectivity index (χ3n) is 3.50. The van der Waals surface area contributed by atoms with Gasteiger partial charge in [-0.15, -0.1) is 0 Å². The lowest BCUT2D eigenvalue weighted by atomic mass is 9.89. The van der Waals surface area contributed by atoms with Crippen LogP contribution in [0.2, 0.25) is 0 Å². The van der Waals surface area contributed by atoms with Crippen molar-refractivity contribution in [2.45, 2.75) is 44.6 Å². The van der Waals surface area contributed by atoms with Gasteiger partial charge in [0, 0.05) is 6.04 Å². The van der Waals surface area contributed by atoms with Gasteiger partial charge >= 0.3 is 0 Å². The van der Waals surface area contributed by atoms with Crippen LogP contribution in [0.3, 0.4) is 0 Å². The maximum atomic E-state index is 3.71. The van der Waals surface area contributed by atoms with Crippen LogP contribution >= 0.6 is 0 Å². The maximum Gasteiger partial charge on any atom is 0.0107 e. The lowest BCUT2D eigenvalue weighted by Gasteiger charge is -2.30. The molecule has 0 spiro atoms. The quantitative estimate of drug-likeness (QED) is 0.642. The first-order chi connectivity index (χ1) is 6.47. The molecule has 76 valence electrons. The summed E-state index contributed by atoms with van der Waals surface area (Å²) in [4.78, 5) is 0. The molecular formula is C11H22N2. The van der Waals surface area contributed by atoms with E-state index >= 15 is 0 Å². The van der Waals surface area contributed by atoms with Crippen LogP contribution < -0.4 is 10.6 Å². The first-order valence-corrected chi connectivity index (χ1v) is 5.91. The molecule has 2 rings (SSSR count). The summed E-state index contributed by atoms with van der Waals surface area (Å²) in [6, 6.07) is 0.815. The van der Waals surface area contributed by atoms with Crippen LogP contribution in [0.5, 0.6) is 0 Å². The lowest BCUT2D eigenvalue weighted by Crippen LogP contribution is -2.43. The second kappa shape index (κ2) is 4.97. The normalized spacial score (nSPS) is 36.9. The van der Waals surface area contributed by atoms with E-state index in [1.807, 2.05) is 0 Å². The standard InChI is InChI=1S/C11H22N2/c1-2-6-11(13-8-3-1)10-5-4-7-12-9-10/h10-13H,1-9H2/t10-,11-/m0/s1. The molecule has 2 nitrogen and oxygen atoms in total. The van der Waals surface area contributed by atoms with E-state index in [1.165, 1.54) is 58.2 Å². The summed E-state index contributed by atoms with van der Waals surface area (Å²) in [5.74, 6) is 0.909. The number of nitrogens with one attached hydrogen (secondary N) is 2. The molecule has 0 aliphatic carbocycles. The summed E-state index contributed by atoms with van der Waals surface area (Å²) < 4.78 is 0. The summed E-state index contributed by atoms with van der Waals surface area (Å²) >= 11 is 0. The number of piperidine rings is 1. The van der Waals surface area contributed by atoms with Gasteiger partial charge in [0.1, 0.15) is 0 Å². The van der Waals surface area contributed by atoms with Crippen molar-refractivity contribution in [3.63, 3.8) is 0 Å². The Morgan fingerprint density at radius 3 is 2.69 bits per heavy atom. The second-order valence-electron chi connectivity index (χ2n) is 4.52. The molecule has 0 saturated carbocycles. The van der Waals surface area contributed by atoms with Crippen LogP contribution in [0.15, 0.2) is 0 Å². The predicted octanol–water partition coefficient (Wildman–Crippen LogP) is 1.52. The fourth-order valence-corrected chi connectivity index (χ4v) is 2.68. The number of rotatable bonds is 1. The maximum absolute atomic E-state index is 3.71. The molecule has 0 aromatic carbocycles. The smallest absolute Gasteiger partial charge is 0.0107 e. The Labute approximate surface area is 81.5 Å². The molecule has 0 unspecified atom stereocenters. The van der Waals surface area contributed by atoms with E-state index in [0.29, 0.717) is 0 Å². The minimum absolute atomic E-state index is 0.815. The molecule has 0 aromatic heterocycles. The molecule has 2 heterocycles. The molecule has 13 heavy (non-hydrogen) atoms. The van der Waals surface area contributed by atoms with Crippen molar-refractivity contribution in [2.75, 3.05) is 19.6 Å². The highest BCUT2D eigenvalue weighted by atomic mass is 15.0. The Bertz CT molecular complexity index is 133. The highest BCUT2D eigenvalue weighted by molar-refractivity contribution is 4.82. The molecule has 2 aliphatic rings. The van der Waals surface area contributed by atoms with E-state index in [-0.39, 0.29) is 0 Å². The molecule has 0 amide bonds. The zero-order valence-electron chi connectivity index (χ0n) is 8.52. The monoisotopic (exact) mass is 182 g/mol. The summed E-state index contributed by atoms with van der Waals surface area (Å²) in [6.07, 6.45) is 8.48. The highest BCUT2D eigenvalue weighted by Gasteiger charge is 2.23. The Kier molecular flexibility index (Phi) is 3.62. The van der Waals surface area contributed by atoms with Gasteiger partial charge in [-0.2, -0.15) is 0 Å². The first kappa shape index (κ1) is 9.47. The van der Waals surface area contributed by atoms with Crippen LogP contribution in [0.25, 0.3) is 0 Å². The summed E-state index contributed by atoms with van der Waals surface area (Å²) in [5, 5.41) is 7.22. The largest absolute Gasteiger partial charge is 0.316 e. The number of hydrogen-bond donors (Lipinski definition) is 2. The zero-order chi connectivity index (χ0) is 8.93. The fraction of sp³-hybridized carbons (Fsp3) is 1.00. The third-order valence-corrected chi connectivity index (χ3v) is 3.50. The van der Waals surface area contributed by atoms with Crippen molar-refractivity contribution >= 4 is 0 Å². The lowest BCUT2D eigenvalue weighted by molar-refractivity contribution is 0.279. The molecule has 2 atom stereocenters. The first-order valence-electron chi connectivity index (χ1n) is 5.91. The van der Waals surface area contributed by atoms with E-state index in [9.17, 15) is 0 Å². The van der Waals surface area contributed by atoms with Crippen LogP contribution in [-0.4, -0.2) is 25.7 Å². The molecule has 2 aliphatic heterocycles. The zero-order valence-corrected chi connectivity index (χ0v) is 8.52. The average Bonchev–Trinajstić information content (AvgIpc) is 2.47. The molecule has 2 heteroatoms. The highest BCUT2D eigenvalue weighted by Crippen LogP contribution is 2.20. The molecule has 2 N–H and O–H groups in total. The fourth-order valence-electron chi connectivity index (χ4n) is 2.68. The van der Waals surface area contributed by atoms with Crippen molar-refractivity contribution in [2.24, 2.45) is 5.92 Å². The minimum Gasteiger partial charge on any atom is -0.316 e. The minimum atomic E-state index is 0.815. The van der Waals surface area contributed by atoms with Gasteiger partial charge in [-0.3, -0.25) is 0 Å². The van der Waals surface area contributed by atoms with Gasteiger partial charge in [-0.05, 0) is 51.2 Å². The average molecular weight is 182 g/mol. The second-order valence-corrected chi connectivity index (χ2v) is 4.52. The molecule has 0 aromatic rings. The topological polar surface area (TPSA) is 24.1 Å². The van der Waals surface area contributed by atoms with E-state index in [1.54, 1.807) is 0 Å². The third kappa shape index (κ3) is 2.68. The Morgan fingerprint density at radius 1 is 0.846 bits per heavy atom. The van der Waals surface area contributed by atoms with Gasteiger partial charge in [0.15, 0.2) is 0 Å². The Balaban J connectivity index is 1.82. The van der Waals surface area contributed by atoms with Gasteiger partial charge < -0.3 is 10.6 Å². The van der Waals surface area contributed by atoms with Crippen LogP contribution in [0.1, 0.15) is 38.5 Å². The van der Waals surface area contributed by atoms with Gasteiger partial charge in [-0.25, -0.2) is 0 Å². The molecule has 2 fully saturated rings.